The Morgan fingerprint density at radius 2 is 2.32 bits per heavy atom. The van der Waals surface area contributed by atoms with Crippen LogP contribution in [0.3, 0.4) is 0 Å². The Kier molecular flexibility index (Phi) is 3.13. The van der Waals surface area contributed by atoms with Crippen LogP contribution in [0.15, 0.2) is 28.3 Å². The Morgan fingerprint density at radius 3 is 3.16 bits per heavy atom. The zero-order chi connectivity index (χ0) is 13.2. The molecule has 0 atom stereocenters. The molecule has 2 heterocycles. The first-order valence-electron chi connectivity index (χ1n) is 6.04. The van der Waals surface area contributed by atoms with Crippen molar-refractivity contribution in [3.63, 3.8) is 0 Å². The third-order valence-electron chi connectivity index (χ3n) is 2.80. The highest BCUT2D eigenvalue weighted by Gasteiger charge is 2.06. The number of fused-ring (bicyclic) bond motifs is 1. The van der Waals surface area contributed by atoms with Crippen molar-refractivity contribution in [2.24, 2.45) is 4.99 Å². The van der Waals surface area contributed by atoms with Crippen molar-refractivity contribution >= 4 is 35.8 Å². The summed E-state index contributed by atoms with van der Waals surface area (Å²) in [6.45, 7) is 2.04. The third kappa shape index (κ3) is 2.42. The maximum atomic E-state index is 9.79. The number of hydrogen-bond donors (Lipinski definition) is 2. The van der Waals surface area contributed by atoms with Gasteiger partial charge in [-0.1, -0.05) is 30.8 Å². The standard InChI is InChI=1S/C14H13N3OS/c1-2-19-14-16-12(13(18)17-14)8-9-3-4-10-5-6-15-11(10)7-9/h3-8,18H,2H2,1H3,(H,16,17)/b9-8+. The molecule has 0 radical (unpaired) electrons. The number of aliphatic imine (C=N–C) groups is 1. The first kappa shape index (κ1) is 12.0. The number of H-pyrrole nitrogens is 1. The molecule has 0 saturated carbocycles. The predicted octanol–water partition coefficient (Wildman–Crippen LogP) is 1.55. The van der Waals surface area contributed by atoms with E-state index >= 15 is 0 Å². The number of aromatic amines is 1. The van der Waals surface area contributed by atoms with Gasteiger partial charge in [-0.3, -0.25) is 4.99 Å². The van der Waals surface area contributed by atoms with E-state index in [4.69, 9.17) is 0 Å². The number of aromatic hydroxyl groups is 1. The third-order valence-corrected chi connectivity index (χ3v) is 3.56. The molecule has 19 heavy (non-hydrogen) atoms. The summed E-state index contributed by atoms with van der Waals surface area (Å²) in [6.07, 6.45) is 5.64. The minimum Gasteiger partial charge on any atom is -0.492 e. The maximum Gasteiger partial charge on any atom is 0.237 e. The minimum atomic E-state index is 0.0338. The SMILES string of the molecule is CCSc1nc(O)c(/C=c2\ccc3c(c2)N=CC=3)[nH]1. The highest BCUT2D eigenvalue weighted by Crippen LogP contribution is 2.21. The summed E-state index contributed by atoms with van der Waals surface area (Å²) in [5.74, 6) is 0.946. The van der Waals surface area contributed by atoms with Crippen LogP contribution in [0.4, 0.5) is 5.69 Å². The summed E-state index contributed by atoms with van der Waals surface area (Å²) in [6, 6.07) is 6.00. The van der Waals surface area contributed by atoms with E-state index in [9.17, 15) is 5.11 Å². The number of nitrogens with zero attached hydrogens (tertiary/aromatic N) is 2. The highest BCUT2D eigenvalue weighted by molar-refractivity contribution is 7.99. The van der Waals surface area contributed by atoms with Gasteiger partial charge in [0.25, 0.3) is 0 Å². The molecule has 1 aliphatic heterocycles. The van der Waals surface area contributed by atoms with Gasteiger partial charge in [-0.05, 0) is 29.2 Å². The molecular weight excluding hydrogens is 258 g/mol. The van der Waals surface area contributed by atoms with Gasteiger partial charge in [0, 0.05) is 11.4 Å². The number of nitrogens with one attached hydrogen (secondary N) is 1. The normalized spacial score (nSPS) is 13.6. The lowest BCUT2D eigenvalue weighted by Gasteiger charge is -1.92. The van der Waals surface area contributed by atoms with Crippen LogP contribution < -0.4 is 10.4 Å². The van der Waals surface area contributed by atoms with Crippen molar-refractivity contribution < 1.29 is 5.11 Å². The van der Waals surface area contributed by atoms with Crippen LogP contribution in [-0.2, 0) is 0 Å². The molecule has 0 unspecified atom stereocenters. The molecule has 0 saturated heterocycles. The van der Waals surface area contributed by atoms with Crippen molar-refractivity contribution in [3.05, 3.63) is 34.3 Å². The highest BCUT2D eigenvalue weighted by atomic mass is 32.2. The largest absolute Gasteiger partial charge is 0.492 e. The summed E-state index contributed by atoms with van der Waals surface area (Å²) >= 11 is 1.57. The van der Waals surface area contributed by atoms with Crippen LogP contribution in [0.2, 0.25) is 0 Å². The van der Waals surface area contributed by atoms with Crippen LogP contribution in [0.25, 0.3) is 12.2 Å². The van der Waals surface area contributed by atoms with E-state index < -0.39 is 0 Å². The van der Waals surface area contributed by atoms with Gasteiger partial charge < -0.3 is 10.1 Å². The zero-order valence-corrected chi connectivity index (χ0v) is 11.2. The molecule has 0 fully saturated rings. The number of imidazole rings is 1. The van der Waals surface area contributed by atoms with Gasteiger partial charge in [0.2, 0.25) is 5.88 Å². The zero-order valence-electron chi connectivity index (χ0n) is 10.4. The second kappa shape index (κ2) is 4.93. The Balaban J connectivity index is 2.02. The van der Waals surface area contributed by atoms with Crippen LogP contribution in [-0.4, -0.2) is 27.0 Å². The molecule has 0 bridgehead atoms. The lowest BCUT2D eigenvalue weighted by atomic mass is 10.2. The summed E-state index contributed by atoms with van der Waals surface area (Å²) in [5, 5.41) is 12.6. The summed E-state index contributed by atoms with van der Waals surface area (Å²) < 4.78 is 0. The fourth-order valence-corrected chi connectivity index (χ4v) is 2.54. The molecule has 3 rings (SSSR count). The van der Waals surface area contributed by atoms with Gasteiger partial charge in [0.1, 0.15) is 5.69 Å². The topological polar surface area (TPSA) is 61.3 Å². The Bertz CT molecular complexity index is 761. The molecule has 1 aromatic heterocycles. The van der Waals surface area contributed by atoms with E-state index in [0.29, 0.717) is 5.69 Å². The fraction of sp³-hybridized carbons (Fsp3) is 0.143. The molecule has 4 nitrogen and oxygen atoms in total. The Morgan fingerprint density at radius 1 is 1.42 bits per heavy atom. The van der Waals surface area contributed by atoms with Crippen molar-refractivity contribution in [1.82, 2.24) is 9.97 Å². The van der Waals surface area contributed by atoms with E-state index in [1.807, 2.05) is 37.3 Å². The monoisotopic (exact) mass is 271 g/mol. The van der Waals surface area contributed by atoms with Gasteiger partial charge in [0.05, 0.1) is 5.69 Å². The molecule has 2 N–H and O–H groups in total. The summed E-state index contributed by atoms with van der Waals surface area (Å²) in [5.41, 5.74) is 1.58. The second-order valence-corrected chi connectivity index (χ2v) is 5.37. The molecule has 1 aliphatic rings. The Hall–Kier alpha value is -2.01. The number of rotatable bonds is 3. The molecule has 0 amide bonds. The summed E-state index contributed by atoms with van der Waals surface area (Å²) in [7, 11) is 0. The predicted molar refractivity (Wildman–Crippen MR) is 78.5 cm³/mol. The van der Waals surface area contributed by atoms with Crippen molar-refractivity contribution in [1.29, 1.82) is 0 Å². The average Bonchev–Trinajstić information content (AvgIpc) is 2.97. The quantitative estimate of drug-likeness (QED) is 0.833. The average molecular weight is 271 g/mol. The Labute approximate surface area is 114 Å². The van der Waals surface area contributed by atoms with E-state index in [2.05, 4.69) is 15.0 Å². The molecule has 1 aromatic carbocycles. The van der Waals surface area contributed by atoms with E-state index in [-0.39, 0.29) is 5.88 Å². The van der Waals surface area contributed by atoms with Crippen LogP contribution in [0, 0.1) is 0 Å². The van der Waals surface area contributed by atoms with E-state index in [1.54, 1.807) is 18.0 Å². The molecule has 5 heteroatoms. The number of aromatic nitrogens is 2. The van der Waals surface area contributed by atoms with Crippen LogP contribution in [0.5, 0.6) is 5.88 Å². The number of hydrogen-bond acceptors (Lipinski definition) is 4. The lowest BCUT2D eigenvalue weighted by Crippen LogP contribution is -2.06. The van der Waals surface area contributed by atoms with Gasteiger partial charge in [-0.15, -0.1) is 0 Å². The molecule has 0 aliphatic carbocycles. The van der Waals surface area contributed by atoms with E-state index in [1.165, 1.54) is 0 Å². The minimum absolute atomic E-state index is 0.0338. The summed E-state index contributed by atoms with van der Waals surface area (Å²) in [4.78, 5) is 11.4. The smallest absolute Gasteiger partial charge is 0.237 e. The van der Waals surface area contributed by atoms with Gasteiger partial charge in [-0.25, -0.2) is 0 Å². The molecular formula is C14H13N3OS. The molecule has 0 spiro atoms. The van der Waals surface area contributed by atoms with Crippen molar-refractivity contribution in [2.75, 3.05) is 5.75 Å². The number of thioether (sulfide) groups is 1. The second-order valence-electron chi connectivity index (χ2n) is 4.12. The lowest BCUT2D eigenvalue weighted by molar-refractivity contribution is 0.453. The van der Waals surface area contributed by atoms with Crippen LogP contribution in [0.1, 0.15) is 12.6 Å². The van der Waals surface area contributed by atoms with Gasteiger partial charge in [0.15, 0.2) is 5.16 Å². The van der Waals surface area contributed by atoms with Crippen molar-refractivity contribution in [3.8, 4) is 5.88 Å². The molecule has 96 valence electrons. The van der Waals surface area contributed by atoms with Crippen molar-refractivity contribution in [2.45, 2.75) is 12.1 Å². The first-order valence-corrected chi connectivity index (χ1v) is 7.03. The maximum absolute atomic E-state index is 9.79. The van der Waals surface area contributed by atoms with Gasteiger partial charge in [-0.2, -0.15) is 4.98 Å². The van der Waals surface area contributed by atoms with Gasteiger partial charge >= 0.3 is 0 Å². The first-order chi connectivity index (χ1) is 9.26. The van der Waals surface area contributed by atoms with Crippen LogP contribution >= 0.6 is 11.8 Å². The number of benzene rings is 1. The fourth-order valence-electron chi connectivity index (χ4n) is 1.93. The van der Waals surface area contributed by atoms with E-state index in [0.717, 1.165) is 27.0 Å². The molecule has 2 aromatic rings.